The number of nitrogens with one attached hydrogen (secondary N) is 2. The number of halogens is 1. The SMILES string of the molecule is N#Cc1ccc(C(=O)Nc2cccc([C@]34CN(c5ncc(F)cn5)C[C@@H]3CN=C(NC(=O)c3ccccc3)S4)c2)nc1. The van der Waals surface area contributed by atoms with Crippen LogP contribution in [0.1, 0.15) is 32.0 Å². The molecule has 10 nitrogen and oxygen atoms in total. The molecule has 0 aliphatic carbocycles. The van der Waals surface area contributed by atoms with Crippen LogP contribution in [-0.2, 0) is 4.75 Å². The first-order valence-corrected chi connectivity index (χ1v) is 13.9. The molecule has 4 aromatic rings. The molecule has 2 aliphatic rings. The molecule has 0 spiro atoms. The maximum atomic E-state index is 13.6. The lowest BCUT2D eigenvalue weighted by molar-refractivity contribution is 0.0976. The van der Waals surface area contributed by atoms with Crippen molar-refractivity contribution in [1.82, 2.24) is 20.3 Å². The van der Waals surface area contributed by atoms with Gasteiger partial charge in [-0.15, -0.1) is 0 Å². The molecule has 12 heteroatoms. The van der Waals surface area contributed by atoms with Crippen molar-refractivity contribution in [2.45, 2.75) is 4.75 Å². The highest BCUT2D eigenvalue weighted by Gasteiger charge is 2.52. The van der Waals surface area contributed by atoms with Crippen LogP contribution in [0.2, 0.25) is 0 Å². The molecule has 2 aromatic carbocycles. The second-order valence-electron chi connectivity index (χ2n) is 9.82. The average Bonchev–Trinajstić information content (AvgIpc) is 3.42. The van der Waals surface area contributed by atoms with Crippen LogP contribution in [0.4, 0.5) is 16.0 Å². The number of hydrogen-bond acceptors (Lipinski definition) is 9. The maximum absolute atomic E-state index is 13.6. The third kappa shape index (κ3) is 5.42. The first-order chi connectivity index (χ1) is 20.4. The number of benzene rings is 2. The maximum Gasteiger partial charge on any atom is 0.274 e. The van der Waals surface area contributed by atoms with Gasteiger partial charge in [-0.25, -0.2) is 19.3 Å². The largest absolute Gasteiger partial charge is 0.339 e. The van der Waals surface area contributed by atoms with E-state index in [-0.39, 0.29) is 17.5 Å². The summed E-state index contributed by atoms with van der Waals surface area (Å²) < 4.78 is 13.0. The van der Waals surface area contributed by atoms with E-state index < -0.39 is 16.5 Å². The van der Waals surface area contributed by atoms with E-state index in [0.717, 1.165) is 18.0 Å². The number of amidine groups is 1. The topological polar surface area (TPSA) is 136 Å². The number of hydrogen-bond donors (Lipinski definition) is 2. The standard InChI is InChI=1S/C30H23FN8O2S/c31-23-15-34-28(35-16-23)39-17-22-14-36-29(38-26(40)20-5-2-1-3-6-20)42-30(22,18-39)21-7-4-8-24(11-21)37-27(41)25-10-9-19(12-32)13-33-25/h1-11,13,15-16,22H,14,17-18H2,(H,37,41)(H,36,38,40)/t22-,30+/m0/s1. The fraction of sp³-hybridized carbons (Fsp3) is 0.167. The molecule has 2 aliphatic heterocycles. The predicted octanol–water partition coefficient (Wildman–Crippen LogP) is 4.00. The van der Waals surface area contributed by atoms with Crippen molar-refractivity contribution in [2.75, 3.05) is 29.9 Å². The summed E-state index contributed by atoms with van der Waals surface area (Å²) in [4.78, 5) is 45.0. The summed E-state index contributed by atoms with van der Waals surface area (Å²) in [6.45, 7) is 1.46. The van der Waals surface area contributed by atoms with Gasteiger partial charge in [-0.05, 0) is 42.0 Å². The van der Waals surface area contributed by atoms with E-state index in [1.165, 1.54) is 30.1 Å². The van der Waals surface area contributed by atoms with Gasteiger partial charge in [-0.1, -0.05) is 42.1 Å². The number of aliphatic imine (C=N–C) groups is 1. The van der Waals surface area contributed by atoms with E-state index in [4.69, 9.17) is 10.3 Å². The number of carbonyl (C=O) groups is 2. The van der Waals surface area contributed by atoms with Gasteiger partial charge >= 0.3 is 0 Å². The zero-order valence-corrected chi connectivity index (χ0v) is 22.9. The molecule has 0 saturated carbocycles. The molecule has 42 heavy (non-hydrogen) atoms. The Kier molecular flexibility index (Phi) is 7.33. The fourth-order valence-electron chi connectivity index (χ4n) is 5.09. The van der Waals surface area contributed by atoms with Crippen molar-refractivity contribution in [1.29, 1.82) is 5.26 Å². The summed E-state index contributed by atoms with van der Waals surface area (Å²) in [6, 6.07) is 21.5. The number of pyridine rings is 1. The summed E-state index contributed by atoms with van der Waals surface area (Å²) in [5, 5.41) is 15.3. The average molecular weight is 579 g/mol. The molecule has 0 unspecified atom stereocenters. The molecular weight excluding hydrogens is 555 g/mol. The Bertz CT molecular complexity index is 1710. The van der Waals surface area contributed by atoms with Gasteiger partial charge in [0.1, 0.15) is 11.8 Å². The zero-order valence-electron chi connectivity index (χ0n) is 22.1. The van der Waals surface area contributed by atoms with Crippen molar-refractivity contribution in [3.8, 4) is 6.07 Å². The lowest BCUT2D eigenvalue weighted by Crippen LogP contribution is -2.42. The molecule has 0 radical (unpaired) electrons. The van der Waals surface area contributed by atoms with Crippen LogP contribution < -0.4 is 15.5 Å². The molecule has 1 saturated heterocycles. The lowest BCUT2D eigenvalue weighted by atomic mass is 9.87. The van der Waals surface area contributed by atoms with Gasteiger partial charge in [0, 0.05) is 43.0 Å². The van der Waals surface area contributed by atoms with Gasteiger partial charge in [-0.3, -0.25) is 14.6 Å². The number of amides is 2. The normalized spacial score (nSPS) is 19.3. The number of nitriles is 1. The van der Waals surface area contributed by atoms with Crippen molar-refractivity contribution in [3.05, 3.63) is 114 Å². The molecule has 2 amide bonds. The van der Waals surface area contributed by atoms with Gasteiger partial charge < -0.3 is 15.5 Å². The first kappa shape index (κ1) is 27.0. The summed E-state index contributed by atoms with van der Waals surface area (Å²) in [7, 11) is 0. The molecule has 0 bridgehead atoms. The van der Waals surface area contributed by atoms with E-state index in [1.54, 1.807) is 30.3 Å². The number of fused-ring (bicyclic) bond motifs is 1. The Balaban J connectivity index is 1.30. The number of rotatable bonds is 5. The zero-order chi connectivity index (χ0) is 29.1. The van der Waals surface area contributed by atoms with Crippen LogP contribution in [0.25, 0.3) is 0 Å². The lowest BCUT2D eigenvalue weighted by Gasteiger charge is -2.37. The summed E-state index contributed by atoms with van der Waals surface area (Å²) in [5.41, 5.74) is 2.54. The molecule has 208 valence electrons. The van der Waals surface area contributed by atoms with Crippen LogP contribution in [0.3, 0.4) is 0 Å². The Labute approximate surface area is 244 Å². The third-order valence-corrected chi connectivity index (χ3v) is 8.63. The van der Waals surface area contributed by atoms with Gasteiger partial charge in [0.05, 0.1) is 22.7 Å². The molecule has 2 atom stereocenters. The summed E-state index contributed by atoms with van der Waals surface area (Å²) in [6.07, 6.45) is 3.63. The van der Waals surface area contributed by atoms with Gasteiger partial charge in [0.2, 0.25) is 5.95 Å². The Morgan fingerprint density at radius 3 is 2.52 bits per heavy atom. The first-order valence-electron chi connectivity index (χ1n) is 13.0. The number of carbonyl (C=O) groups excluding carboxylic acids is 2. The molecule has 2 aromatic heterocycles. The Hall–Kier alpha value is -5.15. The van der Waals surface area contributed by atoms with E-state index in [0.29, 0.717) is 47.6 Å². The van der Waals surface area contributed by atoms with Crippen molar-refractivity contribution in [2.24, 2.45) is 10.9 Å². The van der Waals surface area contributed by atoms with E-state index >= 15 is 0 Å². The number of thioether (sulfide) groups is 1. The van der Waals surface area contributed by atoms with Gasteiger partial charge in [0.15, 0.2) is 11.0 Å². The quantitative estimate of drug-likeness (QED) is 0.363. The number of aromatic nitrogens is 3. The van der Waals surface area contributed by atoms with Crippen LogP contribution in [-0.4, -0.2) is 51.6 Å². The summed E-state index contributed by atoms with van der Waals surface area (Å²) in [5.74, 6) is -0.791. The van der Waals surface area contributed by atoms with Crippen molar-refractivity contribution < 1.29 is 14.0 Å². The van der Waals surface area contributed by atoms with E-state index in [2.05, 4.69) is 25.6 Å². The molecular formula is C30H23FN8O2S. The molecule has 1 fully saturated rings. The van der Waals surface area contributed by atoms with Crippen molar-refractivity contribution in [3.63, 3.8) is 0 Å². The van der Waals surface area contributed by atoms with Gasteiger partial charge in [0.25, 0.3) is 11.8 Å². The van der Waals surface area contributed by atoms with Gasteiger partial charge in [-0.2, -0.15) is 5.26 Å². The van der Waals surface area contributed by atoms with E-state index in [1.807, 2.05) is 35.2 Å². The minimum Gasteiger partial charge on any atom is -0.339 e. The Morgan fingerprint density at radius 2 is 1.79 bits per heavy atom. The second-order valence-corrected chi connectivity index (χ2v) is 11.1. The summed E-state index contributed by atoms with van der Waals surface area (Å²) >= 11 is 1.45. The van der Waals surface area contributed by atoms with Crippen LogP contribution in [0.5, 0.6) is 0 Å². The van der Waals surface area contributed by atoms with Crippen LogP contribution in [0.15, 0.2) is 90.3 Å². The smallest absolute Gasteiger partial charge is 0.274 e. The third-order valence-electron chi connectivity index (χ3n) is 7.14. The minimum atomic E-state index is -0.591. The van der Waals surface area contributed by atoms with Crippen LogP contribution >= 0.6 is 11.8 Å². The molecule has 2 N–H and O–H groups in total. The monoisotopic (exact) mass is 578 g/mol. The van der Waals surface area contributed by atoms with E-state index in [9.17, 15) is 14.0 Å². The highest BCUT2D eigenvalue weighted by Crippen LogP contribution is 2.51. The highest BCUT2D eigenvalue weighted by atomic mass is 32.2. The van der Waals surface area contributed by atoms with Crippen molar-refractivity contribution >= 4 is 40.4 Å². The second kappa shape index (κ2) is 11.4. The Morgan fingerprint density at radius 1 is 0.976 bits per heavy atom. The predicted molar refractivity (Wildman–Crippen MR) is 157 cm³/mol. The minimum absolute atomic E-state index is 0.000301. The number of anilines is 2. The molecule has 6 rings (SSSR count). The highest BCUT2D eigenvalue weighted by molar-refractivity contribution is 8.14. The van der Waals surface area contributed by atoms with Crippen LogP contribution in [0, 0.1) is 23.1 Å². The number of nitrogens with zero attached hydrogens (tertiary/aromatic N) is 6. The molecule has 4 heterocycles. The fourth-order valence-corrected chi connectivity index (χ4v) is 6.50.